The molecule has 9 heteroatoms. The molecule has 0 fully saturated rings. The molecule has 0 bridgehead atoms. The second kappa shape index (κ2) is 10.6. The minimum absolute atomic E-state index is 0.157. The Morgan fingerprint density at radius 3 is 2.35 bits per heavy atom. The number of halogens is 2. The highest BCUT2D eigenvalue weighted by Crippen LogP contribution is 2.39. The summed E-state index contributed by atoms with van der Waals surface area (Å²) in [5.41, 5.74) is 7.90. The number of carbonyl (C=O) groups excluding carboxylic acids is 1. The summed E-state index contributed by atoms with van der Waals surface area (Å²) in [7, 11) is 3.18. The number of ether oxygens (including phenoxy) is 2. The number of hydrogen-bond acceptors (Lipinski definition) is 5. The van der Waals surface area contributed by atoms with E-state index in [1.807, 2.05) is 22.8 Å². The van der Waals surface area contributed by atoms with E-state index in [4.69, 9.17) is 15.2 Å². The zero-order chi connectivity index (χ0) is 26.7. The molecule has 0 aliphatic rings. The van der Waals surface area contributed by atoms with Crippen LogP contribution in [-0.4, -0.2) is 29.7 Å². The van der Waals surface area contributed by atoms with E-state index in [-0.39, 0.29) is 11.4 Å². The van der Waals surface area contributed by atoms with E-state index in [1.54, 1.807) is 38.6 Å². The third-order valence-corrected chi connectivity index (χ3v) is 7.25. The number of thioether (sulfide) groups is 1. The molecule has 1 amide bonds. The summed E-state index contributed by atoms with van der Waals surface area (Å²) in [6, 6.07) is 16.2. The molecule has 0 atom stereocenters. The van der Waals surface area contributed by atoms with Crippen molar-refractivity contribution in [3.05, 3.63) is 101 Å². The number of benzene rings is 3. The Kier molecular flexibility index (Phi) is 7.54. The summed E-state index contributed by atoms with van der Waals surface area (Å²) in [5.74, 6) is -0.181. The molecule has 0 spiro atoms. The van der Waals surface area contributed by atoms with Gasteiger partial charge in [-0.05, 0) is 59.7 Å². The van der Waals surface area contributed by atoms with Crippen molar-refractivity contribution in [3.8, 4) is 17.2 Å². The van der Waals surface area contributed by atoms with Gasteiger partial charge in [-0.2, -0.15) is 0 Å². The van der Waals surface area contributed by atoms with Gasteiger partial charge in [0, 0.05) is 16.9 Å². The highest BCUT2D eigenvalue weighted by molar-refractivity contribution is 7.98. The van der Waals surface area contributed by atoms with Gasteiger partial charge in [-0.15, -0.1) is 0 Å². The average molecular weight is 524 g/mol. The lowest BCUT2D eigenvalue weighted by Crippen LogP contribution is -2.23. The topological polar surface area (TPSA) is 79.4 Å². The molecule has 3 aromatic carbocycles. The fourth-order valence-corrected chi connectivity index (χ4v) is 5.02. The standard InChI is InChI=1S/C28H27F2N3O3S/c1-28(2,18-6-12-23(35-3)24(14-18)36-4)25-15-32-27(33(25)20-9-7-19(29)8-10-20)37-16-17-5-11-22(30)21(13-17)26(31)34/h5-15H,16H2,1-4H3,(H2,31,34). The summed E-state index contributed by atoms with van der Waals surface area (Å²) in [6.07, 6.45) is 1.79. The van der Waals surface area contributed by atoms with Gasteiger partial charge in [0.05, 0.1) is 31.7 Å². The lowest BCUT2D eigenvalue weighted by Gasteiger charge is -2.28. The van der Waals surface area contributed by atoms with Gasteiger partial charge in [-0.3, -0.25) is 9.36 Å². The zero-order valence-corrected chi connectivity index (χ0v) is 21.7. The monoisotopic (exact) mass is 523 g/mol. The first-order chi connectivity index (χ1) is 17.6. The molecule has 1 heterocycles. The third-order valence-electron chi connectivity index (χ3n) is 6.22. The van der Waals surface area contributed by atoms with Crippen LogP contribution in [0.25, 0.3) is 5.69 Å². The molecule has 2 N–H and O–H groups in total. The molecule has 1 aromatic heterocycles. The molecule has 0 unspecified atom stereocenters. The second-order valence-electron chi connectivity index (χ2n) is 8.90. The normalized spacial score (nSPS) is 11.4. The average Bonchev–Trinajstić information content (AvgIpc) is 3.32. The van der Waals surface area contributed by atoms with Crippen LogP contribution in [0.1, 0.15) is 41.0 Å². The molecule has 6 nitrogen and oxygen atoms in total. The van der Waals surface area contributed by atoms with Gasteiger partial charge in [-0.25, -0.2) is 13.8 Å². The summed E-state index contributed by atoms with van der Waals surface area (Å²) >= 11 is 1.41. The molecular formula is C28H27F2N3O3S. The minimum Gasteiger partial charge on any atom is -0.493 e. The Hall–Kier alpha value is -3.85. The first-order valence-electron chi connectivity index (χ1n) is 11.4. The van der Waals surface area contributed by atoms with E-state index in [1.165, 1.54) is 36.0 Å². The number of methoxy groups -OCH3 is 2. The summed E-state index contributed by atoms with van der Waals surface area (Å²) in [6.45, 7) is 4.14. The van der Waals surface area contributed by atoms with E-state index in [2.05, 4.69) is 18.8 Å². The fourth-order valence-electron chi connectivity index (χ4n) is 4.09. The first-order valence-corrected chi connectivity index (χ1v) is 12.4. The van der Waals surface area contributed by atoms with Crippen LogP contribution in [0.2, 0.25) is 0 Å². The predicted octanol–water partition coefficient (Wildman–Crippen LogP) is 5.88. The Balaban J connectivity index is 1.76. The van der Waals surface area contributed by atoms with Crippen molar-refractivity contribution in [1.29, 1.82) is 0 Å². The number of hydrogen-bond donors (Lipinski definition) is 1. The summed E-state index contributed by atoms with van der Waals surface area (Å²) in [4.78, 5) is 16.2. The lowest BCUT2D eigenvalue weighted by atomic mass is 9.81. The summed E-state index contributed by atoms with van der Waals surface area (Å²) < 4.78 is 40.6. The maximum Gasteiger partial charge on any atom is 0.251 e. The van der Waals surface area contributed by atoms with Gasteiger partial charge in [0.25, 0.3) is 5.91 Å². The number of imidazole rings is 1. The molecule has 4 aromatic rings. The minimum atomic E-state index is -0.823. The molecule has 0 radical (unpaired) electrons. The second-order valence-corrected chi connectivity index (χ2v) is 9.84. The Morgan fingerprint density at radius 1 is 1.00 bits per heavy atom. The van der Waals surface area contributed by atoms with Gasteiger partial charge in [0.1, 0.15) is 11.6 Å². The van der Waals surface area contributed by atoms with Crippen molar-refractivity contribution in [2.24, 2.45) is 5.73 Å². The van der Waals surface area contributed by atoms with Crippen LogP contribution in [0.3, 0.4) is 0 Å². The van der Waals surface area contributed by atoms with Gasteiger partial charge in [-0.1, -0.05) is 37.7 Å². The van der Waals surface area contributed by atoms with Crippen LogP contribution >= 0.6 is 11.8 Å². The van der Waals surface area contributed by atoms with Crippen molar-refractivity contribution in [1.82, 2.24) is 9.55 Å². The van der Waals surface area contributed by atoms with Crippen molar-refractivity contribution in [3.63, 3.8) is 0 Å². The number of rotatable bonds is 9. The molecule has 0 aliphatic heterocycles. The third kappa shape index (κ3) is 5.32. The van der Waals surface area contributed by atoms with Gasteiger partial charge in [0.2, 0.25) is 0 Å². The molecule has 0 aliphatic carbocycles. The Bertz CT molecular complexity index is 1440. The molecule has 4 rings (SSSR count). The predicted molar refractivity (Wildman–Crippen MR) is 140 cm³/mol. The van der Waals surface area contributed by atoms with Crippen LogP contribution in [0.15, 0.2) is 72.0 Å². The van der Waals surface area contributed by atoms with Crippen LogP contribution in [-0.2, 0) is 11.2 Å². The van der Waals surface area contributed by atoms with E-state index < -0.39 is 17.1 Å². The van der Waals surface area contributed by atoms with Crippen LogP contribution in [0, 0.1) is 11.6 Å². The SMILES string of the molecule is COc1ccc(C(C)(C)c2cnc(SCc3ccc(F)c(C(N)=O)c3)n2-c2ccc(F)cc2)cc1OC. The van der Waals surface area contributed by atoms with Crippen molar-refractivity contribution in [2.75, 3.05) is 14.2 Å². The lowest BCUT2D eigenvalue weighted by molar-refractivity contribution is 0.0996. The van der Waals surface area contributed by atoms with Gasteiger partial charge < -0.3 is 15.2 Å². The maximum atomic E-state index is 13.9. The van der Waals surface area contributed by atoms with Crippen molar-refractivity contribution >= 4 is 17.7 Å². The quantitative estimate of drug-likeness (QED) is 0.277. The summed E-state index contributed by atoms with van der Waals surface area (Å²) in [5, 5.41) is 0.653. The van der Waals surface area contributed by atoms with E-state index >= 15 is 0 Å². The van der Waals surface area contributed by atoms with Gasteiger partial charge in [0.15, 0.2) is 16.7 Å². The Morgan fingerprint density at radius 2 is 1.70 bits per heavy atom. The fraction of sp³-hybridized carbons (Fsp3) is 0.214. The highest BCUT2D eigenvalue weighted by atomic mass is 32.2. The van der Waals surface area contributed by atoms with E-state index in [9.17, 15) is 13.6 Å². The van der Waals surface area contributed by atoms with Crippen molar-refractivity contribution in [2.45, 2.75) is 30.2 Å². The van der Waals surface area contributed by atoms with Crippen LogP contribution in [0.4, 0.5) is 8.78 Å². The molecular weight excluding hydrogens is 496 g/mol. The number of carbonyl (C=O) groups is 1. The van der Waals surface area contributed by atoms with E-state index in [0.717, 1.165) is 22.5 Å². The number of nitrogens with two attached hydrogens (primary N) is 1. The molecule has 37 heavy (non-hydrogen) atoms. The number of primary amides is 1. The molecule has 192 valence electrons. The van der Waals surface area contributed by atoms with Crippen LogP contribution < -0.4 is 15.2 Å². The molecule has 0 saturated heterocycles. The number of nitrogens with zero attached hydrogens (tertiary/aromatic N) is 2. The van der Waals surface area contributed by atoms with Crippen LogP contribution in [0.5, 0.6) is 11.5 Å². The zero-order valence-electron chi connectivity index (χ0n) is 20.9. The number of aromatic nitrogens is 2. The molecule has 0 saturated carbocycles. The Labute approximate surface area is 218 Å². The largest absolute Gasteiger partial charge is 0.493 e. The van der Waals surface area contributed by atoms with E-state index in [0.29, 0.717) is 22.4 Å². The van der Waals surface area contributed by atoms with Gasteiger partial charge >= 0.3 is 0 Å². The first kappa shape index (κ1) is 26.2. The highest BCUT2D eigenvalue weighted by Gasteiger charge is 2.30. The maximum absolute atomic E-state index is 13.9. The number of amides is 1. The van der Waals surface area contributed by atoms with Crippen molar-refractivity contribution < 1.29 is 23.0 Å². The smallest absolute Gasteiger partial charge is 0.251 e.